The molecule has 1 aromatic rings. The maximum atomic E-state index is 5.99. The second-order valence-corrected chi connectivity index (χ2v) is 4.40. The number of aryl methyl sites for hydroxylation is 1. The molecule has 2 N–H and O–H groups in total. The van der Waals surface area contributed by atoms with Gasteiger partial charge in [0.25, 0.3) is 0 Å². The molecule has 4 nitrogen and oxygen atoms in total. The van der Waals surface area contributed by atoms with Gasteiger partial charge in [0, 0.05) is 19.0 Å². The van der Waals surface area contributed by atoms with Crippen molar-refractivity contribution in [3.63, 3.8) is 0 Å². The summed E-state index contributed by atoms with van der Waals surface area (Å²) in [5.41, 5.74) is 5.99. The summed E-state index contributed by atoms with van der Waals surface area (Å²) in [5.74, 6) is 2.26. The van der Waals surface area contributed by atoms with Crippen molar-refractivity contribution in [2.45, 2.75) is 38.1 Å². The highest BCUT2D eigenvalue weighted by atomic mass is 15.3. The van der Waals surface area contributed by atoms with Crippen molar-refractivity contribution < 1.29 is 0 Å². The van der Waals surface area contributed by atoms with Gasteiger partial charge in [-0.3, -0.25) is 4.68 Å². The van der Waals surface area contributed by atoms with Gasteiger partial charge in [-0.2, -0.15) is 5.10 Å². The lowest BCUT2D eigenvalue weighted by atomic mass is 9.78. The number of hydrogen-bond donors (Lipinski definition) is 1. The predicted octanol–water partition coefficient (Wildman–Crippen LogP) is 1.05. The molecule has 78 valence electrons. The van der Waals surface area contributed by atoms with Crippen molar-refractivity contribution in [3.8, 4) is 0 Å². The lowest BCUT2D eigenvalue weighted by molar-refractivity contribution is 0.285. The van der Waals surface area contributed by atoms with Crippen LogP contribution in [0.2, 0.25) is 0 Å². The quantitative estimate of drug-likeness (QED) is 0.727. The van der Waals surface area contributed by atoms with Crippen molar-refractivity contribution in [2.24, 2.45) is 18.7 Å². The SMILES string of the molecule is CC1CCC(N)CC1c1ncnn1C. The van der Waals surface area contributed by atoms with E-state index in [1.54, 1.807) is 6.33 Å². The molecule has 2 rings (SSSR count). The largest absolute Gasteiger partial charge is 0.328 e. The first-order valence-corrected chi connectivity index (χ1v) is 5.28. The van der Waals surface area contributed by atoms with E-state index in [0.717, 1.165) is 18.7 Å². The number of aromatic nitrogens is 3. The minimum absolute atomic E-state index is 0.341. The third kappa shape index (κ3) is 1.66. The molecule has 0 spiro atoms. The van der Waals surface area contributed by atoms with Crippen LogP contribution >= 0.6 is 0 Å². The molecule has 0 amide bonds. The molecule has 1 fully saturated rings. The van der Waals surface area contributed by atoms with Gasteiger partial charge in [-0.15, -0.1) is 0 Å². The molecule has 1 aliphatic rings. The Kier molecular flexibility index (Phi) is 2.54. The van der Waals surface area contributed by atoms with Crippen LogP contribution in [0.1, 0.15) is 37.9 Å². The number of rotatable bonds is 1. The zero-order chi connectivity index (χ0) is 10.1. The number of nitrogens with two attached hydrogens (primary N) is 1. The van der Waals surface area contributed by atoms with E-state index in [9.17, 15) is 0 Å². The molecule has 1 aliphatic carbocycles. The lowest BCUT2D eigenvalue weighted by Gasteiger charge is -2.31. The Hall–Kier alpha value is -0.900. The van der Waals surface area contributed by atoms with Crippen LogP contribution in [0, 0.1) is 5.92 Å². The second-order valence-electron chi connectivity index (χ2n) is 4.40. The van der Waals surface area contributed by atoms with E-state index in [4.69, 9.17) is 5.73 Å². The third-order valence-electron chi connectivity index (χ3n) is 3.31. The zero-order valence-electron chi connectivity index (χ0n) is 8.85. The third-order valence-corrected chi connectivity index (χ3v) is 3.31. The van der Waals surface area contributed by atoms with Crippen molar-refractivity contribution in [1.29, 1.82) is 0 Å². The first-order chi connectivity index (χ1) is 6.68. The van der Waals surface area contributed by atoms with Gasteiger partial charge in [-0.1, -0.05) is 6.92 Å². The first-order valence-electron chi connectivity index (χ1n) is 5.28. The maximum Gasteiger partial charge on any atom is 0.138 e. The Labute approximate surface area is 84.5 Å². The molecule has 1 saturated carbocycles. The van der Waals surface area contributed by atoms with Gasteiger partial charge in [-0.25, -0.2) is 4.98 Å². The average Bonchev–Trinajstić information content (AvgIpc) is 2.56. The van der Waals surface area contributed by atoms with Crippen LogP contribution < -0.4 is 5.73 Å². The molecule has 14 heavy (non-hydrogen) atoms. The molecule has 4 heteroatoms. The highest BCUT2D eigenvalue weighted by Crippen LogP contribution is 2.35. The van der Waals surface area contributed by atoms with E-state index in [2.05, 4.69) is 17.0 Å². The molecule has 0 aromatic carbocycles. The van der Waals surface area contributed by atoms with Gasteiger partial charge in [0.15, 0.2) is 0 Å². The number of nitrogens with zero attached hydrogens (tertiary/aromatic N) is 3. The molecular formula is C10H18N4. The molecule has 1 heterocycles. The fourth-order valence-corrected chi connectivity index (χ4v) is 2.36. The van der Waals surface area contributed by atoms with Crippen LogP contribution in [0.25, 0.3) is 0 Å². The average molecular weight is 194 g/mol. The van der Waals surface area contributed by atoms with E-state index in [1.807, 2.05) is 11.7 Å². The van der Waals surface area contributed by atoms with Gasteiger partial charge in [0.05, 0.1) is 0 Å². The Balaban J connectivity index is 2.20. The molecular weight excluding hydrogens is 176 g/mol. The minimum atomic E-state index is 0.341. The smallest absolute Gasteiger partial charge is 0.138 e. The first kappa shape index (κ1) is 9.65. The fourth-order valence-electron chi connectivity index (χ4n) is 2.36. The normalized spacial score (nSPS) is 33.2. The van der Waals surface area contributed by atoms with Crippen LogP contribution in [0.3, 0.4) is 0 Å². The van der Waals surface area contributed by atoms with E-state index in [1.165, 1.54) is 6.42 Å². The summed E-state index contributed by atoms with van der Waals surface area (Å²) >= 11 is 0. The Bertz CT molecular complexity index is 307. The lowest BCUT2D eigenvalue weighted by Crippen LogP contribution is -2.32. The van der Waals surface area contributed by atoms with Crippen LogP contribution in [0.4, 0.5) is 0 Å². The minimum Gasteiger partial charge on any atom is -0.328 e. The molecule has 0 radical (unpaired) electrons. The van der Waals surface area contributed by atoms with Crippen LogP contribution in [0.15, 0.2) is 6.33 Å². The van der Waals surface area contributed by atoms with E-state index in [0.29, 0.717) is 17.9 Å². The van der Waals surface area contributed by atoms with Gasteiger partial charge >= 0.3 is 0 Å². The van der Waals surface area contributed by atoms with Crippen LogP contribution in [-0.4, -0.2) is 20.8 Å². The van der Waals surface area contributed by atoms with Gasteiger partial charge < -0.3 is 5.73 Å². The molecule has 0 aliphatic heterocycles. The van der Waals surface area contributed by atoms with Crippen LogP contribution in [-0.2, 0) is 7.05 Å². The summed E-state index contributed by atoms with van der Waals surface area (Å²) in [6.07, 6.45) is 5.03. The standard InChI is InChI=1S/C10H18N4/c1-7-3-4-8(11)5-9(7)10-12-6-13-14(10)2/h6-9H,3-5,11H2,1-2H3. The molecule has 3 atom stereocenters. The Morgan fingerprint density at radius 3 is 2.93 bits per heavy atom. The highest BCUT2D eigenvalue weighted by molar-refractivity contribution is 5.01. The van der Waals surface area contributed by atoms with E-state index < -0.39 is 0 Å². The predicted molar refractivity (Wildman–Crippen MR) is 54.7 cm³/mol. The van der Waals surface area contributed by atoms with Crippen molar-refractivity contribution >= 4 is 0 Å². The Morgan fingerprint density at radius 1 is 1.50 bits per heavy atom. The summed E-state index contributed by atoms with van der Waals surface area (Å²) in [6, 6.07) is 0.341. The van der Waals surface area contributed by atoms with Crippen molar-refractivity contribution in [1.82, 2.24) is 14.8 Å². The fraction of sp³-hybridized carbons (Fsp3) is 0.800. The number of hydrogen-bond acceptors (Lipinski definition) is 3. The monoisotopic (exact) mass is 194 g/mol. The summed E-state index contributed by atoms with van der Waals surface area (Å²) in [6.45, 7) is 2.28. The summed E-state index contributed by atoms with van der Waals surface area (Å²) < 4.78 is 1.87. The van der Waals surface area contributed by atoms with Gasteiger partial charge in [0.1, 0.15) is 12.2 Å². The molecule has 0 saturated heterocycles. The molecule has 0 bridgehead atoms. The maximum absolute atomic E-state index is 5.99. The van der Waals surface area contributed by atoms with E-state index >= 15 is 0 Å². The van der Waals surface area contributed by atoms with Crippen molar-refractivity contribution in [3.05, 3.63) is 12.2 Å². The summed E-state index contributed by atoms with van der Waals surface area (Å²) in [4.78, 5) is 4.32. The Morgan fingerprint density at radius 2 is 2.29 bits per heavy atom. The highest BCUT2D eigenvalue weighted by Gasteiger charge is 2.29. The topological polar surface area (TPSA) is 56.7 Å². The second kappa shape index (κ2) is 3.69. The zero-order valence-corrected chi connectivity index (χ0v) is 8.85. The van der Waals surface area contributed by atoms with Gasteiger partial charge in [-0.05, 0) is 25.2 Å². The van der Waals surface area contributed by atoms with Crippen molar-refractivity contribution in [2.75, 3.05) is 0 Å². The summed E-state index contributed by atoms with van der Waals surface area (Å²) in [5, 5.41) is 4.12. The summed E-state index contributed by atoms with van der Waals surface area (Å²) in [7, 11) is 1.95. The molecule has 1 aromatic heterocycles. The van der Waals surface area contributed by atoms with Gasteiger partial charge in [0.2, 0.25) is 0 Å². The molecule has 3 unspecified atom stereocenters. The van der Waals surface area contributed by atoms with E-state index in [-0.39, 0.29) is 0 Å². The van der Waals surface area contributed by atoms with Crippen LogP contribution in [0.5, 0.6) is 0 Å².